The summed E-state index contributed by atoms with van der Waals surface area (Å²) in [6, 6.07) is 7.48. The van der Waals surface area contributed by atoms with Crippen molar-refractivity contribution in [3.8, 4) is 0 Å². The normalized spacial score (nSPS) is 10.1. The minimum Gasteiger partial charge on any atom is -0.478 e. The van der Waals surface area contributed by atoms with Crippen LogP contribution in [-0.2, 0) is 0 Å². The van der Waals surface area contributed by atoms with Crippen molar-refractivity contribution in [3.05, 3.63) is 52.4 Å². The maximum atomic E-state index is 13.5. The van der Waals surface area contributed by atoms with E-state index < -0.39 is 11.8 Å². The molecule has 1 heterocycles. The first-order chi connectivity index (χ1) is 8.59. The van der Waals surface area contributed by atoms with Gasteiger partial charge in [0.05, 0.1) is 5.69 Å². The first-order valence-corrected chi connectivity index (χ1v) is 5.78. The maximum Gasteiger partial charge on any atom is 0.340 e. The summed E-state index contributed by atoms with van der Waals surface area (Å²) < 4.78 is 13.8. The molecule has 0 unspecified atom stereocenters. The molecule has 2 N–H and O–H groups in total. The number of pyridine rings is 1. The molecule has 18 heavy (non-hydrogen) atoms. The lowest BCUT2D eigenvalue weighted by atomic mass is 10.2. The standard InChI is InChI=1S/C12H8BrFN2O2/c13-7-5-6-15-11(10(7)12(17)18)16-9-4-2-1-3-8(9)14/h1-6H,(H,15,16)(H,17,18). The van der Waals surface area contributed by atoms with Gasteiger partial charge in [-0.2, -0.15) is 0 Å². The number of aromatic carboxylic acids is 1. The first-order valence-electron chi connectivity index (χ1n) is 4.99. The lowest BCUT2D eigenvalue weighted by Crippen LogP contribution is -2.06. The van der Waals surface area contributed by atoms with Crippen LogP contribution in [0.1, 0.15) is 10.4 Å². The van der Waals surface area contributed by atoms with Crippen LogP contribution in [0.4, 0.5) is 15.9 Å². The summed E-state index contributed by atoms with van der Waals surface area (Å²) in [7, 11) is 0. The highest BCUT2D eigenvalue weighted by molar-refractivity contribution is 9.10. The Kier molecular flexibility index (Phi) is 3.57. The number of para-hydroxylation sites is 1. The highest BCUT2D eigenvalue weighted by atomic mass is 79.9. The SMILES string of the molecule is O=C(O)c1c(Br)ccnc1Nc1ccccc1F. The van der Waals surface area contributed by atoms with Crippen LogP contribution in [0.25, 0.3) is 0 Å². The third-order valence-corrected chi connectivity index (χ3v) is 2.90. The Hall–Kier alpha value is -1.95. The summed E-state index contributed by atoms with van der Waals surface area (Å²) in [5, 5.41) is 11.8. The number of nitrogens with zero attached hydrogens (tertiary/aromatic N) is 1. The highest BCUT2D eigenvalue weighted by Crippen LogP contribution is 2.26. The van der Waals surface area contributed by atoms with Gasteiger partial charge in [-0.25, -0.2) is 14.2 Å². The molecule has 0 fully saturated rings. The Morgan fingerprint density at radius 2 is 2.06 bits per heavy atom. The summed E-state index contributed by atoms with van der Waals surface area (Å²) in [5.41, 5.74) is 0.131. The van der Waals surface area contributed by atoms with Crippen molar-refractivity contribution in [1.29, 1.82) is 0 Å². The Bertz CT molecular complexity index is 604. The van der Waals surface area contributed by atoms with E-state index in [2.05, 4.69) is 26.2 Å². The average molecular weight is 311 g/mol. The molecule has 0 saturated heterocycles. The van der Waals surface area contributed by atoms with Gasteiger partial charge in [0.25, 0.3) is 0 Å². The van der Waals surface area contributed by atoms with Crippen molar-refractivity contribution in [2.75, 3.05) is 5.32 Å². The summed E-state index contributed by atoms with van der Waals surface area (Å²) >= 11 is 3.13. The molecular weight excluding hydrogens is 303 g/mol. The molecule has 92 valence electrons. The fraction of sp³-hybridized carbons (Fsp3) is 0. The zero-order valence-corrected chi connectivity index (χ0v) is 10.6. The largest absolute Gasteiger partial charge is 0.478 e. The molecule has 1 aromatic heterocycles. The van der Waals surface area contributed by atoms with Crippen molar-refractivity contribution in [1.82, 2.24) is 4.98 Å². The number of carboxylic acid groups (broad SMARTS) is 1. The van der Waals surface area contributed by atoms with Crippen molar-refractivity contribution in [2.24, 2.45) is 0 Å². The predicted molar refractivity (Wildman–Crippen MR) is 68.6 cm³/mol. The van der Waals surface area contributed by atoms with Gasteiger partial charge in [-0.1, -0.05) is 12.1 Å². The van der Waals surface area contributed by atoms with Crippen molar-refractivity contribution in [3.63, 3.8) is 0 Å². The predicted octanol–water partition coefficient (Wildman–Crippen LogP) is 3.43. The second-order valence-corrected chi connectivity index (χ2v) is 4.28. The van der Waals surface area contributed by atoms with E-state index in [1.807, 2.05) is 0 Å². The van der Waals surface area contributed by atoms with Gasteiger partial charge in [0.1, 0.15) is 17.2 Å². The molecule has 0 spiro atoms. The molecule has 0 bridgehead atoms. The molecule has 0 radical (unpaired) electrons. The first kappa shape index (κ1) is 12.5. The molecular formula is C12H8BrFN2O2. The number of carboxylic acids is 1. The number of hydrogen-bond acceptors (Lipinski definition) is 3. The smallest absolute Gasteiger partial charge is 0.340 e. The van der Waals surface area contributed by atoms with E-state index in [0.29, 0.717) is 4.47 Å². The minimum atomic E-state index is -1.14. The maximum absolute atomic E-state index is 13.5. The molecule has 4 nitrogen and oxygen atoms in total. The van der Waals surface area contributed by atoms with Gasteiger partial charge in [0.15, 0.2) is 0 Å². The molecule has 0 atom stereocenters. The van der Waals surface area contributed by atoms with E-state index in [-0.39, 0.29) is 17.1 Å². The van der Waals surface area contributed by atoms with Gasteiger partial charge in [-0.15, -0.1) is 0 Å². The van der Waals surface area contributed by atoms with Crippen LogP contribution in [0.2, 0.25) is 0 Å². The Morgan fingerprint density at radius 3 is 2.72 bits per heavy atom. The molecule has 0 aliphatic rings. The van der Waals surface area contributed by atoms with Crippen molar-refractivity contribution < 1.29 is 14.3 Å². The Labute approximate surface area is 111 Å². The number of nitrogens with one attached hydrogen (secondary N) is 1. The lowest BCUT2D eigenvalue weighted by Gasteiger charge is -2.10. The van der Waals surface area contributed by atoms with Gasteiger partial charge < -0.3 is 10.4 Å². The fourth-order valence-corrected chi connectivity index (χ4v) is 1.90. The second kappa shape index (κ2) is 5.14. The van der Waals surface area contributed by atoms with Crippen LogP contribution in [0.5, 0.6) is 0 Å². The third-order valence-electron chi connectivity index (χ3n) is 2.24. The van der Waals surface area contributed by atoms with Crippen LogP contribution in [-0.4, -0.2) is 16.1 Å². The van der Waals surface area contributed by atoms with E-state index in [4.69, 9.17) is 5.11 Å². The number of aromatic nitrogens is 1. The van der Waals surface area contributed by atoms with Gasteiger partial charge in [-0.3, -0.25) is 0 Å². The molecule has 1 aromatic carbocycles. The molecule has 6 heteroatoms. The lowest BCUT2D eigenvalue weighted by molar-refractivity contribution is 0.0696. The van der Waals surface area contributed by atoms with E-state index in [1.54, 1.807) is 12.1 Å². The molecule has 2 rings (SSSR count). The number of carbonyl (C=O) groups is 1. The van der Waals surface area contributed by atoms with E-state index in [0.717, 1.165) is 0 Å². The summed E-state index contributed by atoms with van der Waals surface area (Å²) in [5.74, 6) is -1.54. The minimum absolute atomic E-state index is 0.0410. The topological polar surface area (TPSA) is 62.2 Å². The molecule has 0 aliphatic heterocycles. The number of rotatable bonds is 3. The summed E-state index contributed by atoms with van der Waals surface area (Å²) in [6.07, 6.45) is 1.43. The van der Waals surface area contributed by atoms with Gasteiger partial charge in [-0.05, 0) is 34.1 Å². The van der Waals surface area contributed by atoms with Crippen LogP contribution in [0.15, 0.2) is 41.0 Å². The van der Waals surface area contributed by atoms with Gasteiger partial charge in [0.2, 0.25) is 0 Å². The van der Waals surface area contributed by atoms with Crippen molar-refractivity contribution >= 4 is 33.4 Å². The number of hydrogen-bond donors (Lipinski definition) is 2. The van der Waals surface area contributed by atoms with E-state index >= 15 is 0 Å². The number of benzene rings is 1. The van der Waals surface area contributed by atoms with Crippen molar-refractivity contribution in [2.45, 2.75) is 0 Å². The molecule has 2 aromatic rings. The van der Waals surface area contributed by atoms with Crippen LogP contribution in [0, 0.1) is 5.82 Å². The van der Waals surface area contributed by atoms with Crippen LogP contribution >= 0.6 is 15.9 Å². The summed E-state index contributed by atoms with van der Waals surface area (Å²) in [4.78, 5) is 15.0. The monoisotopic (exact) mass is 310 g/mol. The molecule has 0 amide bonds. The number of anilines is 2. The fourth-order valence-electron chi connectivity index (χ4n) is 1.43. The zero-order chi connectivity index (χ0) is 13.1. The van der Waals surface area contributed by atoms with E-state index in [1.165, 1.54) is 24.4 Å². The number of halogens is 2. The average Bonchev–Trinajstić information content (AvgIpc) is 2.31. The van der Waals surface area contributed by atoms with Crippen LogP contribution < -0.4 is 5.32 Å². The third kappa shape index (κ3) is 2.48. The summed E-state index contributed by atoms with van der Waals surface area (Å²) in [6.45, 7) is 0. The molecule has 0 aliphatic carbocycles. The zero-order valence-electron chi connectivity index (χ0n) is 9.02. The molecule has 0 saturated carbocycles. The quantitative estimate of drug-likeness (QED) is 0.911. The Balaban J connectivity index is 2.44. The van der Waals surface area contributed by atoms with E-state index in [9.17, 15) is 9.18 Å². The highest BCUT2D eigenvalue weighted by Gasteiger charge is 2.16. The van der Waals surface area contributed by atoms with Gasteiger partial charge >= 0.3 is 5.97 Å². The Morgan fingerprint density at radius 1 is 1.33 bits per heavy atom. The van der Waals surface area contributed by atoms with Crippen LogP contribution in [0.3, 0.4) is 0 Å². The second-order valence-electron chi connectivity index (χ2n) is 3.43. The van der Waals surface area contributed by atoms with Gasteiger partial charge in [0, 0.05) is 10.7 Å².